The molecule has 198 valence electrons. The van der Waals surface area contributed by atoms with Crippen molar-refractivity contribution in [3.63, 3.8) is 0 Å². The second-order valence-electron chi connectivity index (χ2n) is 11.6. The van der Waals surface area contributed by atoms with Crippen molar-refractivity contribution in [2.45, 2.75) is 117 Å². The van der Waals surface area contributed by atoms with E-state index < -0.39 is 58.5 Å². The van der Waals surface area contributed by atoms with Gasteiger partial charge in [-0.05, 0) is 79.2 Å². The standard InChI is InChI=1S/C24H45N3O7/c1-21(2,3)24(19(31)32,14-13-17(28)29)27(22(4,5)6)20(33)26-16(12-10-11-15-25)18(30)34-23(7,8)9/h16H,10-15,25H2,1-9H3,(H,26,33)(H,28,29)(H,31,32)/t16-,24-/m0/s1. The quantitative estimate of drug-likeness (QED) is 0.255. The van der Waals surface area contributed by atoms with Crippen LogP contribution >= 0.6 is 0 Å². The van der Waals surface area contributed by atoms with Gasteiger partial charge in [-0.1, -0.05) is 20.8 Å². The molecule has 0 aliphatic carbocycles. The number of ether oxygens (including phenoxy) is 1. The van der Waals surface area contributed by atoms with Crippen molar-refractivity contribution < 1.29 is 34.1 Å². The maximum Gasteiger partial charge on any atom is 0.330 e. The molecule has 0 bridgehead atoms. The molecular weight excluding hydrogens is 442 g/mol. The fraction of sp³-hybridized carbons (Fsp3) is 0.833. The Kier molecular flexibility index (Phi) is 11.0. The minimum Gasteiger partial charge on any atom is -0.481 e. The van der Waals surface area contributed by atoms with Gasteiger partial charge in [0.15, 0.2) is 0 Å². The largest absolute Gasteiger partial charge is 0.481 e. The van der Waals surface area contributed by atoms with E-state index in [1.165, 1.54) is 4.90 Å². The van der Waals surface area contributed by atoms with Crippen molar-refractivity contribution in [3.05, 3.63) is 0 Å². The highest BCUT2D eigenvalue weighted by Gasteiger charge is 2.58. The zero-order chi connectivity index (χ0) is 27.1. The van der Waals surface area contributed by atoms with Crippen molar-refractivity contribution in [1.29, 1.82) is 0 Å². The smallest absolute Gasteiger partial charge is 0.330 e. The molecule has 10 nitrogen and oxygen atoms in total. The Morgan fingerprint density at radius 1 is 0.941 bits per heavy atom. The van der Waals surface area contributed by atoms with Gasteiger partial charge >= 0.3 is 23.9 Å². The molecular formula is C24H45N3O7. The predicted octanol–water partition coefficient (Wildman–Crippen LogP) is 3.37. The van der Waals surface area contributed by atoms with Gasteiger partial charge in [0.2, 0.25) is 0 Å². The molecule has 10 heteroatoms. The van der Waals surface area contributed by atoms with Crippen LogP contribution in [0.5, 0.6) is 0 Å². The van der Waals surface area contributed by atoms with Crippen LogP contribution in [0, 0.1) is 5.41 Å². The first-order chi connectivity index (χ1) is 15.2. The molecule has 0 heterocycles. The summed E-state index contributed by atoms with van der Waals surface area (Å²) in [5, 5.41) is 22.4. The van der Waals surface area contributed by atoms with Gasteiger partial charge in [0, 0.05) is 12.0 Å². The number of unbranched alkanes of at least 4 members (excludes halogenated alkanes) is 1. The van der Waals surface area contributed by atoms with Crippen LogP contribution in [0.4, 0.5) is 4.79 Å². The Balaban J connectivity index is 6.50. The zero-order valence-corrected chi connectivity index (χ0v) is 22.3. The predicted molar refractivity (Wildman–Crippen MR) is 129 cm³/mol. The molecule has 2 atom stereocenters. The number of carbonyl (C=O) groups is 4. The van der Waals surface area contributed by atoms with E-state index >= 15 is 0 Å². The molecule has 5 N–H and O–H groups in total. The van der Waals surface area contributed by atoms with E-state index in [1.54, 1.807) is 62.3 Å². The third kappa shape index (κ3) is 8.77. The molecule has 0 aromatic rings. The lowest BCUT2D eigenvalue weighted by Crippen LogP contribution is -2.71. The SMILES string of the molecule is CC(C)(C)OC(=O)[C@H](CCCCN)NC(=O)N(C(C)(C)C)[C@@](CCC(=O)O)(C(=O)O)C(C)(C)C. The van der Waals surface area contributed by atoms with Crippen LogP contribution in [-0.4, -0.2) is 68.3 Å². The van der Waals surface area contributed by atoms with Crippen LogP contribution in [0.15, 0.2) is 0 Å². The molecule has 0 aromatic heterocycles. The van der Waals surface area contributed by atoms with Gasteiger partial charge < -0.3 is 30.9 Å². The van der Waals surface area contributed by atoms with Crippen LogP contribution in [0.2, 0.25) is 0 Å². The van der Waals surface area contributed by atoms with Crippen molar-refractivity contribution in [3.8, 4) is 0 Å². The van der Waals surface area contributed by atoms with E-state index in [1.807, 2.05) is 0 Å². The number of urea groups is 1. The number of hydrogen-bond acceptors (Lipinski definition) is 6. The minimum atomic E-state index is -1.87. The first-order valence-corrected chi connectivity index (χ1v) is 11.7. The van der Waals surface area contributed by atoms with Crippen molar-refractivity contribution in [2.75, 3.05) is 6.54 Å². The Morgan fingerprint density at radius 2 is 1.47 bits per heavy atom. The molecule has 0 fully saturated rings. The summed E-state index contributed by atoms with van der Waals surface area (Å²) in [5.41, 5.74) is 0.851. The fourth-order valence-electron chi connectivity index (χ4n) is 4.01. The molecule has 0 aliphatic rings. The molecule has 0 rings (SSSR count). The number of carbonyl (C=O) groups excluding carboxylic acids is 2. The third-order valence-corrected chi connectivity index (χ3v) is 5.49. The zero-order valence-electron chi connectivity index (χ0n) is 22.3. The Labute approximate surface area is 203 Å². The average molecular weight is 488 g/mol. The Bertz CT molecular complexity index is 732. The van der Waals surface area contributed by atoms with Crippen molar-refractivity contribution in [1.82, 2.24) is 10.2 Å². The Morgan fingerprint density at radius 3 is 1.82 bits per heavy atom. The van der Waals surface area contributed by atoms with Gasteiger partial charge in [0.05, 0.1) is 0 Å². The van der Waals surface area contributed by atoms with Crippen LogP contribution in [-0.2, 0) is 19.1 Å². The third-order valence-electron chi connectivity index (χ3n) is 5.49. The summed E-state index contributed by atoms with van der Waals surface area (Å²) in [6.07, 6.45) is 0.697. The monoisotopic (exact) mass is 487 g/mol. The molecule has 0 aromatic carbocycles. The van der Waals surface area contributed by atoms with E-state index in [4.69, 9.17) is 10.5 Å². The maximum absolute atomic E-state index is 13.7. The summed E-state index contributed by atoms with van der Waals surface area (Å²) in [6, 6.07) is -1.80. The molecule has 0 radical (unpaired) electrons. The van der Waals surface area contributed by atoms with Crippen LogP contribution < -0.4 is 11.1 Å². The number of amides is 2. The first kappa shape index (κ1) is 31.6. The number of nitrogens with one attached hydrogen (secondary N) is 1. The lowest BCUT2D eigenvalue weighted by molar-refractivity contribution is -0.164. The van der Waals surface area contributed by atoms with Gasteiger partial charge in [0.25, 0.3) is 0 Å². The normalized spacial score (nSPS) is 15.1. The summed E-state index contributed by atoms with van der Waals surface area (Å²) in [7, 11) is 0. The van der Waals surface area contributed by atoms with Gasteiger partial charge in [0.1, 0.15) is 17.2 Å². The van der Waals surface area contributed by atoms with Crippen LogP contribution in [0.1, 0.15) is 94.4 Å². The van der Waals surface area contributed by atoms with E-state index in [2.05, 4.69) is 5.32 Å². The topological polar surface area (TPSA) is 159 Å². The summed E-state index contributed by atoms with van der Waals surface area (Å²) < 4.78 is 5.48. The molecule has 0 spiro atoms. The second-order valence-corrected chi connectivity index (χ2v) is 11.6. The number of esters is 1. The molecule has 0 saturated heterocycles. The number of nitrogens with two attached hydrogens (primary N) is 1. The molecule has 0 unspecified atom stereocenters. The number of hydrogen-bond donors (Lipinski definition) is 4. The van der Waals surface area contributed by atoms with E-state index in [-0.39, 0.29) is 12.8 Å². The number of carboxylic acid groups (broad SMARTS) is 2. The van der Waals surface area contributed by atoms with Gasteiger partial charge in [-0.25, -0.2) is 14.4 Å². The molecule has 2 amide bonds. The highest BCUT2D eigenvalue weighted by Crippen LogP contribution is 2.43. The first-order valence-electron chi connectivity index (χ1n) is 11.7. The summed E-state index contributed by atoms with van der Waals surface area (Å²) in [6.45, 7) is 15.6. The van der Waals surface area contributed by atoms with Crippen molar-refractivity contribution in [2.24, 2.45) is 11.1 Å². The number of aliphatic carboxylic acids is 2. The maximum atomic E-state index is 13.7. The second kappa shape index (κ2) is 11.9. The molecule has 34 heavy (non-hydrogen) atoms. The summed E-state index contributed by atoms with van der Waals surface area (Å²) in [5.74, 6) is -3.12. The van der Waals surface area contributed by atoms with Gasteiger partial charge in [-0.2, -0.15) is 0 Å². The van der Waals surface area contributed by atoms with Crippen LogP contribution in [0.25, 0.3) is 0 Å². The van der Waals surface area contributed by atoms with Gasteiger partial charge in [-0.15, -0.1) is 0 Å². The lowest BCUT2D eigenvalue weighted by atomic mass is 9.68. The molecule has 0 saturated carbocycles. The summed E-state index contributed by atoms with van der Waals surface area (Å²) in [4.78, 5) is 51.9. The van der Waals surface area contributed by atoms with Crippen molar-refractivity contribution >= 4 is 23.9 Å². The van der Waals surface area contributed by atoms with Crippen LogP contribution in [0.3, 0.4) is 0 Å². The highest BCUT2D eigenvalue weighted by molar-refractivity contribution is 5.90. The number of rotatable bonds is 11. The molecule has 0 aliphatic heterocycles. The summed E-state index contributed by atoms with van der Waals surface area (Å²) >= 11 is 0. The van der Waals surface area contributed by atoms with Gasteiger partial charge in [-0.3, -0.25) is 4.79 Å². The van der Waals surface area contributed by atoms with E-state index in [0.717, 1.165) is 0 Å². The lowest BCUT2D eigenvalue weighted by Gasteiger charge is -2.54. The average Bonchev–Trinajstić information content (AvgIpc) is 2.60. The highest BCUT2D eigenvalue weighted by atomic mass is 16.6. The van der Waals surface area contributed by atoms with E-state index in [9.17, 15) is 29.4 Å². The fourth-order valence-corrected chi connectivity index (χ4v) is 4.01. The minimum absolute atomic E-state index is 0.264. The Hall–Kier alpha value is -2.36. The van der Waals surface area contributed by atoms with E-state index in [0.29, 0.717) is 19.4 Å². The number of nitrogens with zero attached hydrogens (tertiary/aromatic N) is 1. The number of carboxylic acids is 2.